The molecule has 0 fully saturated rings. The van der Waals surface area contributed by atoms with Crippen LogP contribution in [-0.2, 0) is 28.0 Å². The van der Waals surface area contributed by atoms with Gasteiger partial charge in [-0.2, -0.15) is 0 Å². The Bertz CT molecular complexity index is 573. The second kappa shape index (κ2) is 23.6. The number of allylic oxidation sites excluding steroid dienone is 2. The van der Waals surface area contributed by atoms with Crippen LogP contribution >= 0.6 is 7.82 Å². The predicted molar refractivity (Wildman–Crippen MR) is 133 cm³/mol. The van der Waals surface area contributed by atoms with Crippen LogP contribution in [0.25, 0.3) is 0 Å². The van der Waals surface area contributed by atoms with Crippen LogP contribution in [0.1, 0.15) is 96.8 Å². The van der Waals surface area contributed by atoms with Gasteiger partial charge in [-0.1, -0.05) is 70.4 Å². The highest BCUT2D eigenvalue weighted by molar-refractivity contribution is 7.47. The molecule has 208 valence electrons. The molecule has 2 unspecified atom stereocenters. The van der Waals surface area contributed by atoms with E-state index in [4.69, 9.17) is 20.2 Å². The number of aliphatic hydroxyl groups excluding tert-OH is 2. The second-order valence-electron chi connectivity index (χ2n) is 8.64. The molecule has 0 spiro atoms. The summed E-state index contributed by atoms with van der Waals surface area (Å²) in [6.07, 6.45) is 17.4. The van der Waals surface area contributed by atoms with Crippen molar-refractivity contribution in [1.29, 1.82) is 0 Å². The van der Waals surface area contributed by atoms with Gasteiger partial charge < -0.3 is 19.8 Å². The van der Waals surface area contributed by atoms with Crippen molar-refractivity contribution in [2.45, 2.75) is 109 Å². The summed E-state index contributed by atoms with van der Waals surface area (Å²) in [5.41, 5.74) is 0. The van der Waals surface area contributed by atoms with Crippen LogP contribution in [0.2, 0.25) is 0 Å². The van der Waals surface area contributed by atoms with Gasteiger partial charge in [0.1, 0.15) is 12.7 Å². The number of phosphoric ester groups is 1. The lowest BCUT2D eigenvalue weighted by Gasteiger charge is -2.17. The molecule has 0 aromatic rings. The van der Waals surface area contributed by atoms with Crippen molar-refractivity contribution < 1.29 is 48.4 Å². The molecule has 0 bridgehead atoms. The number of hydrogen-bond donors (Lipinski definition) is 4. The van der Waals surface area contributed by atoms with E-state index in [1.54, 1.807) is 0 Å². The van der Waals surface area contributed by atoms with Crippen molar-refractivity contribution in [2.75, 3.05) is 26.4 Å². The summed E-state index contributed by atoms with van der Waals surface area (Å²) in [6.45, 7) is 0.0341. The minimum absolute atomic E-state index is 0.234. The molecule has 0 rings (SSSR count). The van der Waals surface area contributed by atoms with Crippen LogP contribution in [0.3, 0.4) is 0 Å². The van der Waals surface area contributed by atoms with Gasteiger partial charge in [0.2, 0.25) is 0 Å². The van der Waals surface area contributed by atoms with E-state index in [1.807, 2.05) is 0 Å². The van der Waals surface area contributed by atoms with E-state index < -0.39 is 45.8 Å². The molecule has 0 heterocycles. The fraction of sp³-hybridized carbons (Fsp3) is 0.875. The Labute approximate surface area is 210 Å². The standard InChI is InChI=1S/C24H47O10P/c1-2-3-4-5-6-7-8-9-10-11-12-13-14-15-16-17-24(27)31-20-23(34-28)21-33-35(29,30)32-19-22(26)18-25/h9-10,22-23,25-26,28H,2-8,11-21H2,1H3,(H,29,30)/b10-9-/t22?,23-/m1/s1. The van der Waals surface area contributed by atoms with Crippen molar-refractivity contribution in [3.8, 4) is 0 Å². The Balaban J connectivity index is 3.68. The van der Waals surface area contributed by atoms with Crippen LogP contribution in [-0.4, -0.2) is 65.0 Å². The number of phosphoric acid groups is 1. The SMILES string of the molecule is CCCCCCCC/C=C\CCCCCCCC(=O)OC[C@H](COP(=O)(O)OCC(O)CO)OO. The molecule has 0 saturated heterocycles. The molecule has 0 aliphatic heterocycles. The first-order valence-electron chi connectivity index (χ1n) is 12.9. The maximum atomic E-state index is 11.8. The first-order valence-corrected chi connectivity index (χ1v) is 14.4. The minimum atomic E-state index is -4.53. The Morgan fingerprint density at radius 2 is 1.40 bits per heavy atom. The van der Waals surface area contributed by atoms with E-state index in [-0.39, 0.29) is 13.0 Å². The second-order valence-corrected chi connectivity index (χ2v) is 10.1. The van der Waals surface area contributed by atoms with Crippen LogP contribution < -0.4 is 0 Å². The molecule has 0 saturated carbocycles. The molecule has 35 heavy (non-hydrogen) atoms. The van der Waals surface area contributed by atoms with Gasteiger partial charge in [0.05, 0.1) is 19.8 Å². The van der Waals surface area contributed by atoms with E-state index in [0.29, 0.717) is 6.42 Å². The zero-order valence-electron chi connectivity index (χ0n) is 21.2. The smallest absolute Gasteiger partial charge is 0.463 e. The number of aliphatic hydroxyl groups is 2. The number of hydrogen-bond acceptors (Lipinski definition) is 9. The lowest BCUT2D eigenvalue weighted by atomic mass is 10.1. The molecule has 0 amide bonds. The highest BCUT2D eigenvalue weighted by Crippen LogP contribution is 2.43. The topological polar surface area (TPSA) is 152 Å². The molecule has 0 aromatic carbocycles. The van der Waals surface area contributed by atoms with Crippen molar-refractivity contribution in [1.82, 2.24) is 0 Å². The van der Waals surface area contributed by atoms with E-state index in [9.17, 15) is 14.3 Å². The van der Waals surface area contributed by atoms with Crippen LogP contribution in [0.5, 0.6) is 0 Å². The maximum absolute atomic E-state index is 11.8. The molecule has 0 radical (unpaired) electrons. The third-order valence-electron chi connectivity index (χ3n) is 5.29. The van der Waals surface area contributed by atoms with Gasteiger partial charge in [-0.05, 0) is 32.1 Å². The number of carbonyl (C=O) groups is 1. The summed E-state index contributed by atoms with van der Waals surface area (Å²) in [6, 6.07) is 0. The van der Waals surface area contributed by atoms with Crippen molar-refractivity contribution in [3.05, 3.63) is 12.2 Å². The summed E-state index contributed by atoms with van der Waals surface area (Å²) in [7, 11) is -4.53. The monoisotopic (exact) mass is 526 g/mol. The third kappa shape index (κ3) is 23.3. The van der Waals surface area contributed by atoms with Gasteiger partial charge in [0.25, 0.3) is 0 Å². The molecule has 4 N–H and O–H groups in total. The molecule has 0 aromatic heterocycles. The van der Waals surface area contributed by atoms with Gasteiger partial charge in [-0.3, -0.25) is 19.1 Å². The summed E-state index contributed by atoms with van der Waals surface area (Å²) < 4.78 is 25.7. The van der Waals surface area contributed by atoms with Gasteiger partial charge in [0, 0.05) is 6.42 Å². The molecular formula is C24H47O10P. The summed E-state index contributed by atoms with van der Waals surface area (Å²) in [5, 5.41) is 26.6. The van der Waals surface area contributed by atoms with Crippen molar-refractivity contribution in [3.63, 3.8) is 0 Å². The van der Waals surface area contributed by atoms with E-state index >= 15 is 0 Å². The number of carbonyl (C=O) groups excluding carboxylic acids is 1. The van der Waals surface area contributed by atoms with Crippen molar-refractivity contribution >= 4 is 13.8 Å². The Hall–Kier alpha value is -0.840. The summed E-state index contributed by atoms with van der Waals surface area (Å²) in [4.78, 5) is 25.4. The van der Waals surface area contributed by atoms with E-state index in [1.165, 1.54) is 44.9 Å². The summed E-state index contributed by atoms with van der Waals surface area (Å²) in [5.74, 6) is -0.459. The highest BCUT2D eigenvalue weighted by Gasteiger charge is 2.25. The number of rotatable bonds is 25. The number of esters is 1. The lowest BCUT2D eigenvalue weighted by Crippen LogP contribution is -2.26. The largest absolute Gasteiger partial charge is 0.472 e. The highest BCUT2D eigenvalue weighted by atomic mass is 31.2. The average molecular weight is 527 g/mol. The normalized spacial score (nSPS) is 15.2. The van der Waals surface area contributed by atoms with Crippen LogP contribution in [0.15, 0.2) is 12.2 Å². The average Bonchev–Trinajstić information content (AvgIpc) is 2.85. The Morgan fingerprint density at radius 1 is 0.857 bits per heavy atom. The Kier molecular flexibility index (Phi) is 23.0. The quantitative estimate of drug-likeness (QED) is 0.0322. The first kappa shape index (κ1) is 34.2. The number of unbranched alkanes of at least 4 members (excludes halogenated alkanes) is 11. The minimum Gasteiger partial charge on any atom is -0.463 e. The fourth-order valence-corrected chi connectivity index (χ4v) is 3.94. The van der Waals surface area contributed by atoms with Crippen LogP contribution in [0, 0.1) is 0 Å². The van der Waals surface area contributed by atoms with Gasteiger partial charge in [-0.15, -0.1) is 0 Å². The lowest BCUT2D eigenvalue weighted by molar-refractivity contribution is -0.290. The molecule has 0 aliphatic carbocycles. The van der Waals surface area contributed by atoms with Gasteiger partial charge >= 0.3 is 13.8 Å². The molecule has 3 atom stereocenters. The predicted octanol–water partition coefficient (Wildman–Crippen LogP) is 4.91. The zero-order valence-corrected chi connectivity index (χ0v) is 22.1. The van der Waals surface area contributed by atoms with Gasteiger partial charge in [0.15, 0.2) is 6.10 Å². The first-order chi connectivity index (χ1) is 16.8. The van der Waals surface area contributed by atoms with Gasteiger partial charge in [-0.25, -0.2) is 9.45 Å². The van der Waals surface area contributed by atoms with E-state index in [2.05, 4.69) is 33.0 Å². The summed E-state index contributed by atoms with van der Waals surface area (Å²) >= 11 is 0. The maximum Gasteiger partial charge on any atom is 0.472 e. The molecular weight excluding hydrogens is 479 g/mol. The van der Waals surface area contributed by atoms with Crippen molar-refractivity contribution in [2.24, 2.45) is 0 Å². The Morgan fingerprint density at radius 3 is 1.97 bits per heavy atom. The van der Waals surface area contributed by atoms with Crippen LogP contribution in [0.4, 0.5) is 0 Å². The molecule has 0 aliphatic rings. The number of ether oxygens (including phenoxy) is 1. The van der Waals surface area contributed by atoms with E-state index in [0.717, 1.165) is 32.1 Å². The third-order valence-corrected chi connectivity index (χ3v) is 6.24. The zero-order chi connectivity index (χ0) is 26.2. The molecule has 11 heteroatoms. The molecule has 10 nitrogen and oxygen atoms in total. The fourth-order valence-electron chi connectivity index (χ4n) is 3.15.